The Balaban J connectivity index is 1.95. The summed E-state index contributed by atoms with van der Waals surface area (Å²) in [5.74, 6) is -1.62. The van der Waals surface area contributed by atoms with Gasteiger partial charge >= 0.3 is 5.97 Å². The fourth-order valence-corrected chi connectivity index (χ4v) is 2.38. The van der Waals surface area contributed by atoms with E-state index >= 15 is 0 Å². The Morgan fingerprint density at radius 3 is 2.35 bits per heavy atom. The summed E-state index contributed by atoms with van der Waals surface area (Å²) < 4.78 is 19.1. The molecule has 0 aliphatic carbocycles. The Bertz CT molecular complexity index is 787. The van der Waals surface area contributed by atoms with Crippen molar-refractivity contribution in [1.82, 2.24) is 5.32 Å². The van der Waals surface area contributed by atoms with Crippen molar-refractivity contribution in [3.63, 3.8) is 0 Å². The van der Waals surface area contributed by atoms with E-state index in [-0.39, 0.29) is 11.6 Å². The summed E-state index contributed by atoms with van der Waals surface area (Å²) in [6.45, 7) is 4.78. The van der Waals surface area contributed by atoms with E-state index in [0.29, 0.717) is 12.2 Å². The van der Waals surface area contributed by atoms with Gasteiger partial charge in [0.25, 0.3) is 5.91 Å². The van der Waals surface area contributed by atoms with Crippen molar-refractivity contribution in [2.24, 2.45) is 0 Å². The number of hydrogen-bond acceptors (Lipinski definition) is 3. The number of carboxylic acid groups (broad SMARTS) is 1. The van der Waals surface area contributed by atoms with Gasteiger partial charge in [0.15, 0.2) is 5.60 Å². The van der Waals surface area contributed by atoms with Crippen LogP contribution in [-0.4, -0.2) is 28.6 Å². The molecule has 26 heavy (non-hydrogen) atoms. The van der Waals surface area contributed by atoms with Gasteiger partial charge in [-0.1, -0.05) is 24.3 Å². The number of aliphatic carboxylic acids is 1. The maximum absolute atomic E-state index is 13.6. The minimum Gasteiger partial charge on any atom is -0.478 e. The number of rotatable bonds is 7. The van der Waals surface area contributed by atoms with E-state index in [4.69, 9.17) is 9.84 Å². The molecule has 2 aromatic carbocycles. The van der Waals surface area contributed by atoms with Gasteiger partial charge in [0, 0.05) is 6.04 Å². The highest BCUT2D eigenvalue weighted by Crippen LogP contribution is 2.20. The molecule has 0 aromatic heterocycles. The van der Waals surface area contributed by atoms with Gasteiger partial charge in [-0.3, -0.25) is 4.79 Å². The van der Waals surface area contributed by atoms with Gasteiger partial charge in [-0.05, 0) is 57.0 Å². The molecule has 5 nitrogen and oxygen atoms in total. The van der Waals surface area contributed by atoms with E-state index in [0.717, 1.165) is 5.56 Å². The van der Waals surface area contributed by atoms with Gasteiger partial charge in [0.2, 0.25) is 0 Å². The number of benzene rings is 2. The van der Waals surface area contributed by atoms with Crippen molar-refractivity contribution in [2.45, 2.75) is 38.8 Å². The maximum Gasteiger partial charge on any atom is 0.347 e. The lowest BCUT2D eigenvalue weighted by Crippen LogP contribution is -2.37. The second-order valence-electron chi connectivity index (χ2n) is 6.62. The molecular formula is C20H22FNO4. The maximum atomic E-state index is 13.6. The van der Waals surface area contributed by atoms with Gasteiger partial charge in [-0.25, -0.2) is 9.18 Å². The fraction of sp³-hybridized carbons (Fsp3) is 0.300. The molecule has 2 rings (SSSR count). The van der Waals surface area contributed by atoms with Crippen molar-refractivity contribution in [2.75, 3.05) is 0 Å². The zero-order valence-corrected chi connectivity index (χ0v) is 15.0. The first-order valence-corrected chi connectivity index (χ1v) is 8.26. The smallest absolute Gasteiger partial charge is 0.347 e. The molecule has 0 aliphatic heterocycles. The molecule has 0 heterocycles. The van der Waals surface area contributed by atoms with Crippen molar-refractivity contribution < 1.29 is 23.8 Å². The summed E-state index contributed by atoms with van der Waals surface area (Å²) in [7, 11) is 0. The van der Waals surface area contributed by atoms with Gasteiger partial charge in [0.1, 0.15) is 11.6 Å². The molecule has 1 amide bonds. The molecule has 0 aliphatic rings. The minimum atomic E-state index is -1.32. The molecule has 0 radical (unpaired) electrons. The van der Waals surface area contributed by atoms with E-state index in [1.165, 1.54) is 32.0 Å². The monoisotopic (exact) mass is 359 g/mol. The van der Waals surface area contributed by atoms with Crippen LogP contribution in [0.1, 0.15) is 36.7 Å². The lowest BCUT2D eigenvalue weighted by atomic mass is 10.1. The molecule has 0 saturated heterocycles. The Hall–Kier alpha value is -2.89. The number of hydrogen-bond donors (Lipinski definition) is 2. The Morgan fingerprint density at radius 1 is 1.15 bits per heavy atom. The Morgan fingerprint density at radius 2 is 1.77 bits per heavy atom. The highest BCUT2D eigenvalue weighted by molar-refractivity contribution is 5.94. The summed E-state index contributed by atoms with van der Waals surface area (Å²) in [5.41, 5.74) is -0.367. The summed E-state index contributed by atoms with van der Waals surface area (Å²) >= 11 is 0. The molecule has 6 heteroatoms. The molecule has 138 valence electrons. The first-order chi connectivity index (χ1) is 12.2. The van der Waals surface area contributed by atoms with Crippen LogP contribution in [0.25, 0.3) is 0 Å². The third-order valence-corrected chi connectivity index (χ3v) is 3.85. The molecule has 2 N–H and O–H groups in total. The highest BCUT2D eigenvalue weighted by Gasteiger charge is 2.29. The van der Waals surface area contributed by atoms with Crippen LogP contribution in [0, 0.1) is 5.82 Å². The zero-order valence-electron chi connectivity index (χ0n) is 15.0. The predicted molar refractivity (Wildman–Crippen MR) is 95.8 cm³/mol. The van der Waals surface area contributed by atoms with Crippen LogP contribution < -0.4 is 10.1 Å². The summed E-state index contributed by atoms with van der Waals surface area (Å²) in [6, 6.07) is 12.6. The van der Waals surface area contributed by atoms with Crippen LogP contribution in [0.2, 0.25) is 0 Å². The van der Waals surface area contributed by atoms with Crippen LogP contribution in [-0.2, 0) is 11.2 Å². The Kier molecular flexibility index (Phi) is 5.97. The normalized spacial score (nSPS) is 12.3. The molecular weight excluding hydrogens is 337 g/mol. The largest absolute Gasteiger partial charge is 0.478 e. The average Bonchev–Trinajstić information content (AvgIpc) is 2.56. The van der Waals surface area contributed by atoms with E-state index in [1.54, 1.807) is 30.3 Å². The number of halogens is 1. The van der Waals surface area contributed by atoms with Crippen LogP contribution in [0.15, 0.2) is 48.5 Å². The third kappa shape index (κ3) is 5.05. The van der Waals surface area contributed by atoms with E-state index in [1.807, 2.05) is 6.92 Å². The second-order valence-corrected chi connectivity index (χ2v) is 6.62. The highest BCUT2D eigenvalue weighted by atomic mass is 19.1. The number of amides is 1. The molecule has 0 spiro atoms. The topological polar surface area (TPSA) is 75.6 Å². The zero-order chi connectivity index (χ0) is 19.3. The Labute approximate surface area is 151 Å². The molecule has 0 fully saturated rings. The molecule has 1 atom stereocenters. The first-order valence-electron chi connectivity index (χ1n) is 8.26. The van der Waals surface area contributed by atoms with Crippen LogP contribution >= 0.6 is 0 Å². The summed E-state index contributed by atoms with van der Waals surface area (Å²) in [4.78, 5) is 23.2. The van der Waals surface area contributed by atoms with Crippen molar-refractivity contribution in [1.29, 1.82) is 0 Å². The van der Waals surface area contributed by atoms with E-state index in [9.17, 15) is 14.0 Å². The molecule has 0 saturated carbocycles. The van der Waals surface area contributed by atoms with Gasteiger partial charge in [0.05, 0.1) is 5.56 Å². The van der Waals surface area contributed by atoms with Crippen molar-refractivity contribution >= 4 is 11.9 Å². The molecule has 1 unspecified atom stereocenters. The lowest BCUT2D eigenvalue weighted by molar-refractivity contribution is -0.152. The summed E-state index contributed by atoms with van der Waals surface area (Å²) in [5, 5.41) is 11.8. The average molecular weight is 359 g/mol. The lowest BCUT2D eigenvalue weighted by Gasteiger charge is -2.21. The number of carboxylic acids is 1. The van der Waals surface area contributed by atoms with Gasteiger partial charge < -0.3 is 15.2 Å². The van der Waals surface area contributed by atoms with Gasteiger partial charge in [-0.15, -0.1) is 0 Å². The first kappa shape index (κ1) is 19.4. The summed E-state index contributed by atoms with van der Waals surface area (Å²) in [6.07, 6.45) is 0.544. The fourth-order valence-electron chi connectivity index (χ4n) is 2.38. The SMILES string of the molecule is CC(Cc1ccc(OC(C)(C)C(=O)O)cc1)NC(=O)c1ccccc1F. The van der Waals surface area contributed by atoms with Crippen molar-refractivity contribution in [3.05, 3.63) is 65.5 Å². The van der Waals surface area contributed by atoms with E-state index < -0.39 is 23.3 Å². The molecule has 0 bridgehead atoms. The van der Waals surface area contributed by atoms with Crippen molar-refractivity contribution in [3.8, 4) is 5.75 Å². The van der Waals surface area contributed by atoms with Gasteiger partial charge in [-0.2, -0.15) is 0 Å². The molecule has 2 aromatic rings. The minimum absolute atomic E-state index is 0.0130. The predicted octanol–water partition coefficient (Wildman–Crippen LogP) is 3.43. The number of carbonyl (C=O) groups is 2. The number of nitrogens with one attached hydrogen (secondary N) is 1. The number of carbonyl (C=O) groups excluding carboxylic acids is 1. The van der Waals surface area contributed by atoms with Crippen LogP contribution in [0.5, 0.6) is 5.75 Å². The second kappa shape index (κ2) is 7.99. The van der Waals surface area contributed by atoms with E-state index in [2.05, 4.69) is 5.32 Å². The quantitative estimate of drug-likeness (QED) is 0.794. The van der Waals surface area contributed by atoms with Crippen LogP contribution in [0.3, 0.4) is 0 Å². The van der Waals surface area contributed by atoms with Crippen LogP contribution in [0.4, 0.5) is 4.39 Å². The number of ether oxygens (including phenoxy) is 1. The standard InChI is InChI=1S/C20H22FNO4/c1-13(22-18(23)16-6-4-5-7-17(16)21)12-14-8-10-15(11-9-14)26-20(2,3)19(24)25/h4-11,13H,12H2,1-3H3,(H,22,23)(H,24,25). The third-order valence-electron chi connectivity index (χ3n) is 3.85.